The molecule has 3 N–H and O–H groups in total. The van der Waals surface area contributed by atoms with Crippen LogP contribution >= 0.6 is 0 Å². The van der Waals surface area contributed by atoms with E-state index in [0.717, 1.165) is 5.56 Å². The highest BCUT2D eigenvalue weighted by molar-refractivity contribution is 5.76. The van der Waals surface area contributed by atoms with Crippen LogP contribution in [0.4, 0.5) is 0 Å². The summed E-state index contributed by atoms with van der Waals surface area (Å²) >= 11 is 0. The van der Waals surface area contributed by atoms with Crippen molar-refractivity contribution in [2.24, 2.45) is 5.92 Å². The van der Waals surface area contributed by atoms with Crippen LogP contribution in [0.15, 0.2) is 54.6 Å². The SMILES string of the molecule is O=C(O)[C@H](CC[C@@H](C(=O)O)c1ccccc1)Cc1ccc(O)cc1. The summed E-state index contributed by atoms with van der Waals surface area (Å²) in [6.45, 7) is 0. The molecule has 0 heterocycles. The molecule has 5 nitrogen and oxygen atoms in total. The molecular formula is C19H20O5. The van der Waals surface area contributed by atoms with Gasteiger partial charge in [0, 0.05) is 0 Å². The van der Waals surface area contributed by atoms with Crippen LogP contribution < -0.4 is 0 Å². The van der Waals surface area contributed by atoms with Crippen molar-refractivity contribution in [1.82, 2.24) is 0 Å². The molecule has 0 aliphatic heterocycles. The number of phenolic OH excluding ortho intramolecular Hbond substituents is 1. The molecule has 24 heavy (non-hydrogen) atoms. The average molecular weight is 328 g/mol. The first-order valence-electron chi connectivity index (χ1n) is 7.76. The zero-order chi connectivity index (χ0) is 17.5. The fourth-order valence-corrected chi connectivity index (χ4v) is 2.72. The molecule has 0 unspecified atom stereocenters. The van der Waals surface area contributed by atoms with Crippen LogP contribution in [0.5, 0.6) is 5.75 Å². The number of aromatic hydroxyl groups is 1. The zero-order valence-corrected chi connectivity index (χ0v) is 13.1. The number of carbonyl (C=O) groups is 2. The Hall–Kier alpha value is -2.82. The predicted octanol–water partition coefficient (Wildman–Crippen LogP) is 3.28. The Morgan fingerprint density at radius 3 is 2.00 bits per heavy atom. The van der Waals surface area contributed by atoms with Gasteiger partial charge in [0.05, 0.1) is 11.8 Å². The molecule has 0 aliphatic carbocycles. The van der Waals surface area contributed by atoms with E-state index in [4.69, 9.17) is 0 Å². The standard InChI is InChI=1S/C19H20O5/c20-16-9-6-13(7-10-16)12-15(18(21)22)8-11-17(19(23)24)14-4-2-1-3-5-14/h1-7,9-10,15,17,20H,8,11-12H2,(H,21,22)(H,23,24)/t15-,17-/m1/s1. The second-order valence-corrected chi connectivity index (χ2v) is 5.78. The first-order valence-corrected chi connectivity index (χ1v) is 7.76. The number of hydrogen-bond donors (Lipinski definition) is 3. The van der Waals surface area contributed by atoms with Crippen LogP contribution in [0.1, 0.15) is 29.9 Å². The van der Waals surface area contributed by atoms with E-state index in [9.17, 15) is 24.9 Å². The van der Waals surface area contributed by atoms with Gasteiger partial charge in [-0.3, -0.25) is 9.59 Å². The second-order valence-electron chi connectivity index (χ2n) is 5.78. The maximum atomic E-state index is 11.5. The molecule has 2 aromatic rings. The fraction of sp³-hybridized carbons (Fsp3) is 0.263. The van der Waals surface area contributed by atoms with E-state index >= 15 is 0 Å². The second kappa shape index (κ2) is 8.15. The minimum atomic E-state index is -0.949. The van der Waals surface area contributed by atoms with Crippen molar-refractivity contribution >= 4 is 11.9 Å². The smallest absolute Gasteiger partial charge is 0.310 e. The van der Waals surface area contributed by atoms with Crippen molar-refractivity contribution in [3.63, 3.8) is 0 Å². The lowest BCUT2D eigenvalue weighted by atomic mass is 9.88. The Morgan fingerprint density at radius 1 is 0.833 bits per heavy atom. The summed E-state index contributed by atoms with van der Waals surface area (Å²) in [5.41, 5.74) is 1.48. The molecule has 2 aromatic carbocycles. The minimum Gasteiger partial charge on any atom is -0.508 e. The van der Waals surface area contributed by atoms with Gasteiger partial charge in [0.25, 0.3) is 0 Å². The van der Waals surface area contributed by atoms with Gasteiger partial charge in [-0.2, -0.15) is 0 Å². The Labute approximate surface area is 140 Å². The first kappa shape index (κ1) is 17.5. The van der Waals surface area contributed by atoms with Gasteiger partial charge in [0.2, 0.25) is 0 Å². The maximum Gasteiger partial charge on any atom is 0.310 e. The van der Waals surface area contributed by atoms with E-state index in [1.165, 1.54) is 12.1 Å². The third-order valence-corrected chi connectivity index (χ3v) is 4.07. The van der Waals surface area contributed by atoms with E-state index in [1.807, 2.05) is 6.07 Å². The molecule has 0 bridgehead atoms. The third kappa shape index (κ3) is 4.84. The summed E-state index contributed by atoms with van der Waals surface area (Å²) in [6.07, 6.45) is 0.827. The lowest BCUT2D eigenvalue weighted by molar-refractivity contribution is -0.143. The van der Waals surface area contributed by atoms with Gasteiger partial charge in [0.1, 0.15) is 5.75 Å². The van der Waals surface area contributed by atoms with Crippen LogP contribution in [0.2, 0.25) is 0 Å². The minimum absolute atomic E-state index is 0.126. The largest absolute Gasteiger partial charge is 0.508 e. The van der Waals surface area contributed by atoms with E-state index in [0.29, 0.717) is 12.0 Å². The topological polar surface area (TPSA) is 94.8 Å². The Kier molecular flexibility index (Phi) is 5.95. The summed E-state index contributed by atoms with van der Waals surface area (Å²) < 4.78 is 0. The molecule has 126 valence electrons. The van der Waals surface area contributed by atoms with Crippen LogP contribution in [0.3, 0.4) is 0 Å². The van der Waals surface area contributed by atoms with Gasteiger partial charge in [-0.15, -0.1) is 0 Å². The highest BCUT2D eigenvalue weighted by Crippen LogP contribution is 2.26. The Balaban J connectivity index is 2.05. The van der Waals surface area contributed by atoms with Gasteiger partial charge < -0.3 is 15.3 Å². The van der Waals surface area contributed by atoms with Crippen LogP contribution in [0, 0.1) is 5.92 Å². The van der Waals surface area contributed by atoms with Crippen molar-refractivity contribution in [3.8, 4) is 5.75 Å². The fourth-order valence-electron chi connectivity index (χ4n) is 2.72. The average Bonchev–Trinajstić information content (AvgIpc) is 2.56. The van der Waals surface area contributed by atoms with Gasteiger partial charge in [0.15, 0.2) is 0 Å². The van der Waals surface area contributed by atoms with Crippen molar-refractivity contribution in [2.45, 2.75) is 25.2 Å². The summed E-state index contributed by atoms with van der Waals surface area (Å²) in [6, 6.07) is 15.2. The number of phenols is 1. The molecule has 0 saturated carbocycles. The zero-order valence-electron chi connectivity index (χ0n) is 13.1. The number of aliphatic carboxylic acids is 2. The van der Waals surface area contributed by atoms with E-state index in [1.54, 1.807) is 36.4 Å². The molecule has 0 fully saturated rings. The van der Waals surface area contributed by atoms with Crippen molar-refractivity contribution in [1.29, 1.82) is 0 Å². The molecule has 0 amide bonds. The number of hydrogen-bond acceptors (Lipinski definition) is 3. The summed E-state index contributed by atoms with van der Waals surface area (Å²) in [4.78, 5) is 23.0. The molecule has 0 spiro atoms. The van der Waals surface area contributed by atoms with E-state index in [2.05, 4.69) is 0 Å². The van der Waals surface area contributed by atoms with E-state index in [-0.39, 0.29) is 18.6 Å². The molecular weight excluding hydrogens is 308 g/mol. The summed E-state index contributed by atoms with van der Waals surface area (Å²) in [5.74, 6) is -3.15. The summed E-state index contributed by atoms with van der Waals surface area (Å²) in [5, 5.41) is 28.1. The highest BCUT2D eigenvalue weighted by Gasteiger charge is 2.24. The molecule has 2 atom stereocenters. The van der Waals surface area contributed by atoms with E-state index < -0.39 is 23.8 Å². The highest BCUT2D eigenvalue weighted by atomic mass is 16.4. The molecule has 0 aliphatic rings. The normalized spacial score (nSPS) is 13.2. The van der Waals surface area contributed by atoms with Crippen LogP contribution in [0.25, 0.3) is 0 Å². The predicted molar refractivity (Wildman–Crippen MR) is 89.0 cm³/mol. The maximum absolute atomic E-state index is 11.5. The van der Waals surface area contributed by atoms with Crippen LogP contribution in [-0.4, -0.2) is 27.3 Å². The Morgan fingerprint density at radius 2 is 1.46 bits per heavy atom. The number of carboxylic acids is 2. The van der Waals surface area contributed by atoms with Crippen molar-refractivity contribution in [2.75, 3.05) is 0 Å². The van der Waals surface area contributed by atoms with Gasteiger partial charge in [-0.25, -0.2) is 0 Å². The lowest BCUT2D eigenvalue weighted by Crippen LogP contribution is -2.20. The lowest BCUT2D eigenvalue weighted by Gasteiger charge is -2.17. The monoisotopic (exact) mass is 328 g/mol. The molecule has 2 rings (SSSR count). The molecule has 5 heteroatoms. The van der Waals surface area contributed by atoms with Crippen molar-refractivity contribution < 1.29 is 24.9 Å². The summed E-state index contributed by atoms with van der Waals surface area (Å²) in [7, 11) is 0. The quantitative estimate of drug-likeness (QED) is 0.691. The number of carboxylic acid groups (broad SMARTS) is 2. The third-order valence-electron chi connectivity index (χ3n) is 4.07. The molecule has 0 saturated heterocycles. The van der Waals surface area contributed by atoms with Gasteiger partial charge in [-0.1, -0.05) is 42.5 Å². The van der Waals surface area contributed by atoms with Crippen molar-refractivity contribution in [3.05, 3.63) is 65.7 Å². The number of rotatable bonds is 8. The van der Waals surface area contributed by atoms with Gasteiger partial charge in [-0.05, 0) is 42.5 Å². The first-order chi connectivity index (χ1) is 11.5. The van der Waals surface area contributed by atoms with Gasteiger partial charge >= 0.3 is 11.9 Å². The Bertz CT molecular complexity index is 679. The molecule has 0 radical (unpaired) electrons. The number of benzene rings is 2. The molecule has 0 aromatic heterocycles. The van der Waals surface area contributed by atoms with Crippen LogP contribution in [-0.2, 0) is 16.0 Å².